The summed E-state index contributed by atoms with van der Waals surface area (Å²) in [5.41, 5.74) is -0.698. The van der Waals surface area contributed by atoms with Crippen LogP contribution < -0.4 is 20.7 Å². The van der Waals surface area contributed by atoms with Crippen LogP contribution in [0.25, 0.3) is 5.57 Å². The Morgan fingerprint density at radius 3 is 2.32 bits per heavy atom. The zero-order valence-electron chi connectivity index (χ0n) is 28.7. The summed E-state index contributed by atoms with van der Waals surface area (Å²) < 4.78 is 57.8. The number of likely N-dealkylation sites (N-methyl/N-ethyl adjacent to an activating group) is 2. The number of alkyl halides is 3. The average Bonchev–Trinajstić information content (AvgIpc) is 3.08. The quantitative estimate of drug-likeness (QED) is 0.353. The van der Waals surface area contributed by atoms with E-state index in [1.54, 1.807) is 0 Å². The Morgan fingerprint density at radius 2 is 1.66 bits per heavy atom. The molecule has 0 spiro atoms. The molecule has 0 saturated carbocycles. The maximum absolute atomic E-state index is 16.2. The number of rotatable bonds is 7. The fraction of sp³-hybridized carbons (Fsp3) is 0.486. The number of nitrogens with zero attached hydrogens (tertiary/aromatic N) is 7. The van der Waals surface area contributed by atoms with Crippen molar-refractivity contribution in [2.45, 2.75) is 45.1 Å². The van der Waals surface area contributed by atoms with Crippen molar-refractivity contribution in [3.63, 3.8) is 0 Å². The van der Waals surface area contributed by atoms with E-state index >= 15 is 4.39 Å². The van der Waals surface area contributed by atoms with Gasteiger partial charge in [-0.2, -0.15) is 13.2 Å². The van der Waals surface area contributed by atoms with Gasteiger partial charge in [-0.3, -0.25) is 19.4 Å². The van der Waals surface area contributed by atoms with Gasteiger partial charge in [0.15, 0.2) is 0 Å². The molecule has 0 aliphatic carbocycles. The molecule has 2 unspecified atom stereocenters. The molecule has 1 amide bonds. The highest BCUT2D eigenvalue weighted by molar-refractivity contribution is 6.07. The van der Waals surface area contributed by atoms with Crippen LogP contribution in [0.15, 0.2) is 47.7 Å². The summed E-state index contributed by atoms with van der Waals surface area (Å²) in [7, 11) is 4.11. The van der Waals surface area contributed by atoms with Crippen LogP contribution in [-0.2, 0) is 12.7 Å². The molecule has 11 nitrogen and oxygen atoms in total. The summed E-state index contributed by atoms with van der Waals surface area (Å²) in [6.07, 6.45) is 1.97. The van der Waals surface area contributed by atoms with Crippen LogP contribution in [0, 0.1) is 5.82 Å². The highest BCUT2D eigenvalue weighted by Gasteiger charge is 2.36. The number of aromatic amines is 1. The first kappa shape index (κ1) is 35.5. The van der Waals surface area contributed by atoms with Gasteiger partial charge in [0.2, 0.25) is 11.5 Å². The molecule has 3 aromatic rings. The van der Waals surface area contributed by atoms with Crippen LogP contribution in [-0.4, -0.2) is 114 Å². The molecule has 2 N–H and O–H groups in total. The lowest BCUT2D eigenvalue weighted by Gasteiger charge is -2.44. The molecule has 2 saturated heterocycles. The van der Waals surface area contributed by atoms with Crippen LogP contribution in [0.1, 0.15) is 47.3 Å². The minimum Gasteiger partial charge on any atom is -0.367 e. The molecule has 268 valence electrons. The van der Waals surface area contributed by atoms with Gasteiger partial charge in [0.25, 0.3) is 5.91 Å². The van der Waals surface area contributed by atoms with Gasteiger partial charge < -0.3 is 25.0 Å². The minimum absolute atomic E-state index is 0.0867. The molecule has 3 aliphatic heterocycles. The minimum atomic E-state index is -4.94. The monoisotopic (exact) mass is 697 g/mol. The van der Waals surface area contributed by atoms with Gasteiger partial charge in [-0.05, 0) is 52.1 Å². The first-order valence-corrected chi connectivity index (χ1v) is 16.8. The molecule has 2 atom stereocenters. The largest absolute Gasteiger partial charge is 0.417 e. The second kappa shape index (κ2) is 14.5. The van der Waals surface area contributed by atoms with Gasteiger partial charge in [-0.15, -0.1) is 0 Å². The van der Waals surface area contributed by atoms with Crippen molar-refractivity contribution in [1.82, 2.24) is 29.7 Å². The number of H-pyrrole nitrogens is 1. The van der Waals surface area contributed by atoms with E-state index in [-0.39, 0.29) is 23.3 Å². The zero-order valence-corrected chi connectivity index (χ0v) is 28.7. The lowest BCUT2D eigenvalue weighted by Crippen LogP contribution is -2.55. The van der Waals surface area contributed by atoms with Crippen LogP contribution in [0.3, 0.4) is 0 Å². The number of piperazine rings is 2. The number of aromatic nitrogens is 3. The van der Waals surface area contributed by atoms with Gasteiger partial charge in [0, 0.05) is 107 Å². The summed E-state index contributed by atoms with van der Waals surface area (Å²) in [4.78, 5) is 47.4. The molecule has 2 aromatic heterocycles. The SMILES string of the molecule is CC1CN(c2cc(F)c(C3=CCCN(c4ncc(CN5CCN(C)CC5)cn4)C3)cc2NC(=O)c2c[nH]c(=O)cc2C(F)(F)F)CC(C)N1C. The van der Waals surface area contributed by atoms with Gasteiger partial charge >= 0.3 is 6.18 Å². The van der Waals surface area contributed by atoms with E-state index in [4.69, 9.17) is 0 Å². The van der Waals surface area contributed by atoms with E-state index in [1.165, 1.54) is 12.1 Å². The molecule has 2 fully saturated rings. The fourth-order valence-corrected chi connectivity index (χ4v) is 6.82. The number of anilines is 3. The lowest BCUT2D eigenvalue weighted by molar-refractivity contribution is -0.138. The third-order valence-corrected chi connectivity index (χ3v) is 9.98. The fourth-order valence-electron chi connectivity index (χ4n) is 6.82. The second-order valence-electron chi connectivity index (χ2n) is 13.6. The molecular weight excluding hydrogens is 654 g/mol. The summed E-state index contributed by atoms with van der Waals surface area (Å²) in [5.74, 6) is -1.08. The third kappa shape index (κ3) is 7.84. The van der Waals surface area contributed by atoms with E-state index in [1.807, 2.05) is 49.2 Å². The number of nitrogens with one attached hydrogen (secondary N) is 2. The van der Waals surface area contributed by atoms with E-state index < -0.39 is 34.6 Å². The van der Waals surface area contributed by atoms with E-state index in [2.05, 4.69) is 42.0 Å². The first-order valence-electron chi connectivity index (χ1n) is 16.8. The summed E-state index contributed by atoms with van der Waals surface area (Å²) in [6.45, 7) is 10.7. The highest BCUT2D eigenvalue weighted by atomic mass is 19.4. The normalized spacial score (nSPS) is 21.3. The number of carbonyl (C=O) groups is 1. The number of carbonyl (C=O) groups excluding carboxylic acids is 1. The average molecular weight is 698 g/mol. The number of halogens is 4. The third-order valence-electron chi connectivity index (χ3n) is 9.98. The molecule has 5 heterocycles. The molecule has 0 radical (unpaired) electrons. The predicted molar refractivity (Wildman–Crippen MR) is 185 cm³/mol. The molecule has 1 aromatic carbocycles. The van der Waals surface area contributed by atoms with Gasteiger partial charge in [-0.25, -0.2) is 14.4 Å². The Hall–Kier alpha value is -4.34. The number of amides is 1. The Labute approximate surface area is 288 Å². The smallest absolute Gasteiger partial charge is 0.367 e. The number of pyridine rings is 1. The van der Waals surface area contributed by atoms with Gasteiger partial charge in [0.1, 0.15) is 5.82 Å². The maximum atomic E-state index is 16.2. The summed E-state index contributed by atoms with van der Waals surface area (Å²) in [5, 5.41) is 2.63. The second-order valence-corrected chi connectivity index (χ2v) is 13.6. The number of hydrogen-bond donors (Lipinski definition) is 2. The summed E-state index contributed by atoms with van der Waals surface area (Å²) in [6, 6.07) is 3.37. The standard InChI is InChI=1S/C35H43F4N9O2/c1-22-18-48(19-23(2)45(22)4)31-14-29(36)26(12-30(31)43-33(50)27-17-40-32(49)13-28(27)35(37,38)39)25-6-5-7-47(21-25)34-41-15-24(16-42-34)20-46-10-8-44(3)9-11-46/h6,12-17,22-23H,5,7-11,18-21H2,1-4H3,(H,40,49)(H,43,50). The predicted octanol–water partition coefficient (Wildman–Crippen LogP) is 4.15. The van der Waals surface area contributed by atoms with Gasteiger partial charge in [-0.1, -0.05) is 6.08 Å². The van der Waals surface area contributed by atoms with Gasteiger partial charge in [0.05, 0.1) is 22.5 Å². The van der Waals surface area contributed by atoms with Crippen LogP contribution in [0.2, 0.25) is 0 Å². The van der Waals surface area contributed by atoms with Crippen molar-refractivity contribution in [2.75, 3.05) is 81.6 Å². The Balaban J connectivity index is 1.28. The van der Waals surface area contributed by atoms with Crippen LogP contribution >= 0.6 is 0 Å². The van der Waals surface area contributed by atoms with E-state index in [9.17, 15) is 22.8 Å². The number of benzene rings is 1. The Bertz CT molecular complexity index is 1780. The van der Waals surface area contributed by atoms with Crippen molar-refractivity contribution >= 4 is 28.8 Å². The van der Waals surface area contributed by atoms with E-state index in [0.717, 1.165) is 44.5 Å². The molecule has 15 heteroatoms. The Morgan fingerprint density at radius 1 is 0.980 bits per heavy atom. The lowest BCUT2D eigenvalue weighted by atomic mass is 9.98. The molecular formula is C35H43F4N9O2. The number of hydrogen-bond acceptors (Lipinski definition) is 9. The van der Waals surface area contributed by atoms with Crippen LogP contribution in [0.5, 0.6) is 0 Å². The molecule has 6 rings (SSSR count). The molecule has 3 aliphatic rings. The first-order chi connectivity index (χ1) is 23.8. The van der Waals surface area contributed by atoms with Crippen molar-refractivity contribution in [3.05, 3.63) is 81.3 Å². The van der Waals surface area contributed by atoms with Crippen LogP contribution in [0.4, 0.5) is 34.9 Å². The van der Waals surface area contributed by atoms with Crippen molar-refractivity contribution in [3.8, 4) is 0 Å². The zero-order chi connectivity index (χ0) is 35.7. The highest BCUT2D eigenvalue weighted by Crippen LogP contribution is 2.37. The Kier molecular flexibility index (Phi) is 10.3. The van der Waals surface area contributed by atoms with E-state index in [0.29, 0.717) is 55.9 Å². The topological polar surface area (TPSA) is 104 Å². The van der Waals surface area contributed by atoms with Crippen molar-refractivity contribution in [2.24, 2.45) is 0 Å². The van der Waals surface area contributed by atoms with Crippen molar-refractivity contribution in [1.29, 1.82) is 0 Å². The molecule has 50 heavy (non-hydrogen) atoms. The maximum Gasteiger partial charge on any atom is 0.417 e. The molecule has 0 bridgehead atoms. The van der Waals surface area contributed by atoms with Crippen molar-refractivity contribution < 1.29 is 22.4 Å². The summed E-state index contributed by atoms with van der Waals surface area (Å²) >= 11 is 0.